The molecule has 0 aliphatic carbocycles. The van der Waals surface area contributed by atoms with Gasteiger partial charge in [0, 0.05) is 12.2 Å². The van der Waals surface area contributed by atoms with Crippen molar-refractivity contribution in [1.82, 2.24) is 14.9 Å². The van der Waals surface area contributed by atoms with E-state index in [1.807, 2.05) is 30.5 Å². The van der Waals surface area contributed by atoms with E-state index in [0.29, 0.717) is 18.0 Å². The standard InChI is InChI=1S/C22H24N4O3/c1-14-10-15(2)12-16(11-14)24-22(28)20-25-19(18-7-3-4-8-26(18)20)21(27)23-13-17-6-5-9-29-17/h5-6,9-12H,3-4,7-8,13H2,1-2H3,(H,23,27)(H,24,28). The number of benzene rings is 1. The van der Waals surface area contributed by atoms with Crippen molar-refractivity contribution in [2.45, 2.75) is 46.2 Å². The molecular formula is C22H24N4O3. The minimum atomic E-state index is -0.303. The van der Waals surface area contributed by atoms with E-state index in [9.17, 15) is 9.59 Å². The number of fused-ring (bicyclic) bond motifs is 1. The highest BCUT2D eigenvalue weighted by Gasteiger charge is 2.27. The molecule has 1 aliphatic heterocycles. The average molecular weight is 392 g/mol. The third-order valence-corrected chi connectivity index (χ3v) is 5.02. The van der Waals surface area contributed by atoms with Crippen LogP contribution in [0.5, 0.6) is 0 Å². The molecule has 150 valence electrons. The summed E-state index contributed by atoms with van der Waals surface area (Å²) in [6.07, 6.45) is 4.23. The van der Waals surface area contributed by atoms with Crippen LogP contribution in [0.25, 0.3) is 0 Å². The molecule has 2 amide bonds. The van der Waals surface area contributed by atoms with Crippen molar-refractivity contribution < 1.29 is 14.0 Å². The number of aromatic nitrogens is 2. The van der Waals surface area contributed by atoms with Crippen LogP contribution in [-0.2, 0) is 19.5 Å². The van der Waals surface area contributed by atoms with Gasteiger partial charge in [-0.3, -0.25) is 9.59 Å². The smallest absolute Gasteiger partial charge is 0.291 e. The summed E-state index contributed by atoms with van der Waals surface area (Å²) >= 11 is 0. The highest BCUT2D eigenvalue weighted by atomic mass is 16.3. The van der Waals surface area contributed by atoms with Gasteiger partial charge in [0.05, 0.1) is 18.5 Å². The SMILES string of the molecule is Cc1cc(C)cc(NC(=O)c2nc(C(=O)NCc3ccco3)c3n2CCCC3)c1. The Morgan fingerprint density at radius 2 is 1.93 bits per heavy atom. The molecule has 0 radical (unpaired) electrons. The van der Waals surface area contributed by atoms with E-state index in [1.165, 1.54) is 0 Å². The largest absolute Gasteiger partial charge is 0.467 e. The molecule has 0 saturated heterocycles. The summed E-state index contributed by atoms with van der Waals surface area (Å²) in [5, 5.41) is 5.76. The van der Waals surface area contributed by atoms with Crippen molar-refractivity contribution in [3.8, 4) is 0 Å². The van der Waals surface area contributed by atoms with Crippen molar-refractivity contribution in [2.75, 3.05) is 5.32 Å². The minimum absolute atomic E-state index is 0.280. The molecule has 2 aromatic heterocycles. The van der Waals surface area contributed by atoms with Gasteiger partial charge >= 0.3 is 0 Å². The molecule has 0 spiro atoms. The Morgan fingerprint density at radius 3 is 2.66 bits per heavy atom. The Kier molecular flexibility index (Phi) is 5.20. The predicted octanol–water partition coefficient (Wildman–Crippen LogP) is 3.61. The monoisotopic (exact) mass is 392 g/mol. The third kappa shape index (κ3) is 4.08. The first-order chi connectivity index (χ1) is 14.0. The fourth-order valence-corrected chi connectivity index (χ4v) is 3.80. The summed E-state index contributed by atoms with van der Waals surface area (Å²) in [4.78, 5) is 30.1. The number of amides is 2. The van der Waals surface area contributed by atoms with Crippen LogP contribution in [-0.4, -0.2) is 21.4 Å². The Balaban J connectivity index is 1.58. The number of carbonyl (C=O) groups is 2. The van der Waals surface area contributed by atoms with Crippen LogP contribution in [0, 0.1) is 13.8 Å². The zero-order valence-electron chi connectivity index (χ0n) is 16.6. The van der Waals surface area contributed by atoms with E-state index in [4.69, 9.17) is 4.42 Å². The summed E-state index contributed by atoms with van der Waals surface area (Å²) in [5.74, 6) is 0.349. The number of hydrogen-bond donors (Lipinski definition) is 2. The lowest BCUT2D eigenvalue weighted by atomic mass is 10.1. The fourth-order valence-electron chi connectivity index (χ4n) is 3.80. The number of rotatable bonds is 5. The molecular weight excluding hydrogens is 368 g/mol. The molecule has 3 aromatic rings. The van der Waals surface area contributed by atoms with E-state index in [1.54, 1.807) is 18.4 Å². The molecule has 0 atom stereocenters. The molecule has 3 heterocycles. The van der Waals surface area contributed by atoms with E-state index < -0.39 is 0 Å². The second-order valence-electron chi connectivity index (χ2n) is 7.43. The van der Waals surface area contributed by atoms with Crippen LogP contribution in [0.15, 0.2) is 41.0 Å². The second kappa shape index (κ2) is 7.95. The molecule has 0 bridgehead atoms. The number of anilines is 1. The van der Waals surface area contributed by atoms with Gasteiger partial charge in [0.25, 0.3) is 11.8 Å². The fraction of sp³-hybridized carbons (Fsp3) is 0.318. The molecule has 0 unspecified atom stereocenters. The maximum absolute atomic E-state index is 12.9. The molecule has 4 rings (SSSR count). The first-order valence-electron chi connectivity index (χ1n) is 9.81. The van der Waals surface area contributed by atoms with Gasteiger partial charge in [-0.15, -0.1) is 0 Å². The van der Waals surface area contributed by atoms with E-state index in [-0.39, 0.29) is 24.2 Å². The average Bonchev–Trinajstić information content (AvgIpc) is 3.33. The van der Waals surface area contributed by atoms with Crippen molar-refractivity contribution in [3.05, 3.63) is 70.7 Å². The Bertz CT molecular complexity index is 1030. The number of imidazole rings is 1. The van der Waals surface area contributed by atoms with Crippen LogP contribution >= 0.6 is 0 Å². The van der Waals surface area contributed by atoms with E-state index in [2.05, 4.69) is 21.7 Å². The number of aryl methyl sites for hydroxylation is 2. The highest BCUT2D eigenvalue weighted by molar-refractivity contribution is 6.03. The summed E-state index contributed by atoms with van der Waals surface area (Å²) in [7, 11) is 0. The van der Waals surface area contributed by atoms with Gasteiger partial charge in [-0.2, -0.15) is 0 Å². The van der Waals surface area contributed by atoms with Gasteiger partial charge in [0.2, 0.25) is 0 Å². The predicted molar refractivity (Wildman–Crippen MR) is 109 cm³/mol. The lowest BCUT2D eigenvalue weighted by Crippen LogP contribution is -2.25. The van der Waals surface area contributed by atoms with Gasteiger partial charge in [0.1, 0.15) is 11.5 Å². The quantitative estimate of drug-likeness (QED) is 0.694. The third-order valence-electron chi connectivity index (χ3n) is 5.02. The Labute approximate surface area is 169 Å². The lowest BCUT2D eigenvalue weighted by Gasteiger charge is -2.17. The first-order valence-corrected chi connectivity index (χ1v) is 9.81. The van der Waals surface area contributed by atoms with Crippen molar-refractivity contribution >= 4 is 17.5 Å². The van der Waals surface area contributed by atoms with Crippen LogP contribution in [0.2, 0.25) is 0 Å². The van der Waals surface area contributed by atoms with Gasteiger partial charge < -0.3 is 19.6 Å². The zero-order valence-corrected chi connectivity index (χ0v) is 16.6. The van der Waals surface area contributed by atoms with Gasteiger partial charge in [0.15, 0.2) is 5.82 Å². The molecule has 0 saturated carbocycles. The highest BCUT2D eigenvalue weighted by Crippen LogP contribution is 2.22. The van der Waals surface area contributed by atoms with Crippen LogP contribution in [0.3, 0.4) is 0 Å². The maximum Gasteiger partial charge on any atom is 0.291 e. The van der Waals surface area contributed by atoms with Crippen LogP contribution in [0.4, 0.5) is 5.69 Å². The van der Waals surface area contributed by atoms with Gasteiger partial charge in [-0.25, -0.2) is 4.98 Å². The number of nitrogens with one attached hydrogen (secondary N) is 2. The Morgan fingerprint density at radius 1 is 1.14 bits per heavy atom. The first kappa shape index (κ1) is 19.0. The van der Waals surface area contributed by atoms with Crippen molar-refractivity contribution in [1.29, 1.82) is 0 Å². The lowest BCUT2D eigenvalue weighted by molar-refractivity contribution is 0.0942. The van der Waals surface area contributed by atoms with Crippen LogP contribution in [0.1, 0.15) is 56.5 Å². The van der Waals surface area contributed by atoms with Crippen molar-refractivity contribution in [2.24, 2.45) is 0 Å². The number of carbonyl (C=O) groups excluding carboxylic acids is 2. The molecule has 1 aliphatic rings. The molecule has 7 nitrogen and oxygen atoms in total. The normalized spacial score (nSPS) is 13.0. The molecule has 7 heteroatoms. The van der Waals surface area contributed by atoms with Crippen LogP contribution < -0.4 is 10.6 Å². The summed E-state index contributed by atoms with van der Waals surface area (Å²) in [6, 6.07) is 9.46. The van der Waals surface area contributed by atoms with E-state index >= 15 is 0 Å². The summed E-state index contributed by atoms with van der Waals surface area (Å²) in [5.41, 5.74) is 4.01. The molecule has 0 fully saturated rings. The minimum Gasteiger partial charge on any atom is -0.467 e. The van der Waals surface area contributed by atoms with E-state index in [0.717, 1.165) is 41.8 Å². The molecule has 1 aromatic carbocycles. The second-order valence-corrected chi connectivity index (χ2v) is 7.43. The number of nitrogens with zero attached hydrogens (tertiary/aromatic N) is 2. The topological polar surface area (TPSA) is 89.2 Å². The summed E-state index contributed by atoms with van der Waals surface area (Å²) in [6.45, 7) is 4.94. The van der Waals surface area contributed by atoms with Gasteiger partial charge in [-0.1, -0.05) is 6.07 Å². The Hall–Kier alpha value is -3.35. The van der Waals surface area contributed by atoms with Gasteiger partial charge in [-0.05, 0) is 68.5 Å². The zero-order chi connectivity index (χ0) is 20.4. The maximum atomic E-state index is 12.9. The molecule has 2 N–H and O–H groups in total. The molecule has 29 heavy (non-hydrogen) atoms. The number of hydrogen-bond acceptors (Lipinski definition) is 4. The van der Waals surface area contributed by atoms with Crippen molar-refractivity contribution in [3.63, 3.8) is 0 Å². The number of furan rings is 1. The summed E-state index contributed by atoms with van der Waals surface area (Å²) < 4.78 is 7.14.